The van der Waals surface area contributed by atoms with Crippen molar-refractivity contribution in [1.82, 2.24) is 4.98 Å². The molecule has 0 bridgehead atoms. The summed E-state index contributed by atoms with van der Waals surface area (Å²) >= 11 is 0. The number of aromatic nitrogens is 1. The molecule has 0 saturated heterocycles. The van der Waals surface area contributed by atoms with Gasteiger partial charge in [-0.1, -0.05) is 78.9 Å². The Morgan fingerprint density at radius 2 is 1.24 bits per heavy atom. The van der Waals surface area contributed by atoms with Crippen molar-refractivity contribution in [2.75, 3.05) is 0 Å². The third-order valence-corrected chi connectivity index (χ3v) is 4.73. The molecule has 4 rings (SSSR count). The Balaban J connectivity index is 1.61. The molecule has 0 aliphatic heterocycles. The highest BCUT2D eigenvalue weighted by molar-refractivity contribution is 6.05. The van der Waals surface area contributed by atoms with E-state index in [4.69, 9.17) is 14.2 Å². The highest BCUT2D eigenvalue weighted by Crippen LogP contribution is 2.24. The van der Waals surface area contributed by atoms with Crippen molar-refractivity contribution >= 4 is 11.9 Å². The van der Waals surface area contributed by atoms with Gasteiger partial charge in [-0.2, -0.15) is 0 Å². The van der Waals surface area contributed by atoms with E-state index in [0.29, 0.717) is 5.75 Å². The van der Waals surface area contributed by atoms with E-state index < -0.39 is 11.9 Å². The van der Waals surface area contributed by atoms with E-state index in [-0.39, 0.29) is 30.2 Å². The van der Waals surface area contributed by atoms with Crippen molar-refractivity contribution in [3.8, 4) is 11.6 Å². The molecule has 0 unspecified atom stereocenters. The van der Waals surface area contributed by atoms with E-state index in [0.717, 1.165) is 11.1 Å². The van der Waals surface area contributed by atoms with Crippen LogP contribution in [0.5, 0.6) is 11.6 Å². The number of hydrogen-bond acceptors (Lipinski definition) is 6. The van der Waals surface area contributed by atoms with Gasteiger partial charge in [0.05, 0.1) is 5.56 Å². The third kappa shape index (κ3) is 5.83. The van der Waals surface area contributed by atoms with Gasteiger partial charge in [0.2, 0.25) is 5.88 Å². The Hall–Kier alpha value is -4.45. The maximum Gasteiger partial charge on any atom is 0.349 e. The molecular formula is C27H21NO5. The van der Waals surface area contributed by atoms with Crippen LogP contribution in [0.25, 0.3) is 0 Å². The zero-order valence-corrected chi connectivity index (χ0v) is 17.7. The minimum atomic E-state index is -0.760. The van der Waals surface area contributed by atoms with Crippen LogP contribution >= 0.6 is 0 Å². The van der Waals surface area contributed by atoms with E-state index in [2.05, 4.69) is 4.98 Å². The summed E-state index contributed by atoms with van der Waals surface area (Å²) in [5, 5.41) is 0. The number of rotatable bonds is 8. The molecule has 6 nitrogen and oxygen atoms in total. The fourth-order valence-corrected chi connectivity index (χ4v) is 3.09. The Labute approximate surface area is 191 Å². The largest absolute Gasteiger partial charge is 0.472 e. The van der Waals surface area contributed by atoms with Crippen LogP contribution < -0.4 is 9.47 Å². The van der Waals surface area contributed by atoms with Crippen LogP contribution in [-0.4, -0.2) is 16.9 Å². The van der Waals surface area contributed by atoms with Crippen LogP contribution in [0, 0.1) is 0 Å². The van der Waals surface area contributed by atoms with Crippen LogP contribution in [-0.2, 0) is 18.0 Å². The van der Waals surface area contributed by atoms with Gasteiger partial charge >= 0.3 is 11.9 Å². The van der Waals surface area contributed by atoms with Crippen molar-refractivity contribution in [2.45, 2.75) is 13.2 Å². The molecule has 0 fully saturated rings. The normalized spacial score (nSPS) is 10.3. The van der Waals surface area contributed by atoms with Crippen molar-refractivity contribution in [1.29, 1.82) is 0 Å². The Morgan fingerprint density at radius 3 is 1.88 bits per heavy atom. The highest BCUT2D eigenvalue weighted by atomic mass is 16.5. The molecule has 164 valence electrons. The van der Waals surface area contributed by atoms with Crippen molar-refractivity contribution in [3.63, 3.8) is 0 Å². The van der Waals surface area contributed by atoms with E-state index in [9.17, 15) is 9.59 Å². The maximum atomic E-state index is 13.1. The molecule has 0 aliphatic rings. The van der Waals surface area contributed by atoms with Gasteiger partial charge in [0.25, 0.3) is 0 Å². The number of benzene rings is 3. The van der Waals surface area contributed by atoms with Crippen LogP contribution in [0.15, 0.2) is 103 Å². The third-order valence-electron chi connectivity index (χ3n) is 4.73. The number of hydrogen-bond donors (Lipinski definition) is 0. The molecule has 6 heteroatoms. The van der Waals surface area contributed by atoms with Gasteiger partial charge in [-0.25, -0.2) is 14.6 Å². The zero-order chi connectivity index (χ0) is 22.9. The number of pyridine rings is 1. The monoisotopic (exact) mass is 439 g/mol. The average molecular weight is 439 g/mol. The van der Waals surface area contributed by atoms with E-state index in [1.54, 1.807) is 24.3 Å². The summed E-state index contributed by atoms with van der Waals surface area (Å²) in [5.74, 6) is -1.10. The SMILES string of the molecule is O=C(OCc1ccccc1)c1ccnc(OCc2ccccc2)c1C(=O)Oc1ccccc1. The summed E-state index contributed by atoms with van der Waals surface area (Å²) in [7, 11) is 0. The summed E-state index contributed by atoms with van der Waals surface area (Å²) in [6.07, 6.45) is 1.40. The van der Waals surface area contributed by atoms with Gasteiger partial charge in [-0.05, 0) is 29.3 Å². The molecule has 0 spiro atoms. The summed E-state index contributed by atoms with van der Waals surface area (Å²) in [6, 6.07) is 28.7. The lowest BCUT2D eigenvalue weighted by Crippen LogP contribution is -2.18. The average Bonchev–Trinajstić information content (AvgIpc) is 2.87. The molecule has 1 aromatic heterocycles. The molecule has 0 atom stereocenters. The molecule has 0 amide bonds. The quantitative estimate of drug-likeness (QED) is 0.276. The summed E-state index contributed by atoms with van der Waals surface area (Å²) in [4.78, 5) is 30.2. The van der Waals surface area contributed by atoms with Crippen LogP contribution in [0.1, 0.15) is 31.8 Å². The lowest BCUT2D eigenvalue weighted by atomic mass is 10.1. The first-order valence-corrected chi connectivity index (χ1v) is 10.3. The van der Waals surface area contributed by atoms with Gasteiger partial charge in [0.15, 0.2) is 0 Å². The van der Waals surface area contributed by atoms with Crippen molar-refractivity contribution in [2.24, 2.45) is 0 Å². The second-order valence-electron chi connectivity index (χ2n) is 7.08. The first-order valence-electron chi connectivity index (χ1n) is 10.3. The molecule has 0 aliphatic carbocycles. The first-order chi connectivity index (χ1) is 16.2. The molecule has 3 aromatic carbocycles. The summed E-state index contributed by atoms with van der Waals surface area (Å²) < 4.78 is 16.7. The zero-order valence-electron chi connectivity index (χ0n) is 17.7. The molecule has 1 heterocycles. The first kappa shape index (κ1) is 21.8. The van der Waals surface area contributed by atoms with Gasteiger partial charge in [0.1, 0.15) is 24.5 Å². The number of esters is 2. The topological polar surface area (TPSA) is 74.7 Å². The Bertz CT molecular complexity index is 1210. The van der Waals surface area contributed by atoms with Crippen molar-refractivity contribution in [3.05, 3.63) is 126 Å². The molecule has 0 radical (unpaired) electrons. The highest BCUT2D eigenvalue weighted by Gasteiger charge is 2.26. The second kappa shape index (κ2) is 10.7. The summed E-state index contributed by atoms with van der Waals surface area (Å²) in [5.41, 5.74) is 1.65. The van der Waals surface area contributed by atoms with Crippen LogP contribution in [0.3, 0.4) is 0 Å². The minimum Gasteiger partial charge on any atom is -0.472 e. The number of para-hydroxylation sites is 1. The van der Waals surface area contributed by atoms with E-state index in [1.165, 1.54) is 12.3 Å². The number of ether oxygens (including phenoxy) is 3. The van der Waals surface area contributed by atoms with Crippen molar-refractivity contribution < 1.29 is 23.8 Å². The fourth-order valence-electron chi connectivity index (χ4n) is 3.09. The molecule has 0 N–H and O–H groups in total. The van der Waals surface area contributed by atoms with Crippen LogP contribution in [0.4, 0.5) is 0 Å². The smallest absolute Gasteiger partial charge is 0.349 e. The minimum absolute atomic E-state index is 0.00561. The van der Waals surface area contributed by atoms with Gasteiger partial charge in [-0.15, -0.1) is 0 Å². The predicted molar refractivity (Wildman–Crippen MR) is 122 cm³/mol. The molecule has 33 heavy (non-hydrogen) atoms. The fraction of sp³-hybridized carbons (Fsp3) is 0.0741. The Kier molecular flexibility index (Phi) is 7.08. The van der Waals surface area contributed by atoms with Gasteiger partial charge in [0, 0.05) is 6.20 Å². The van der Waals surface area contributed by atoms with E-state index >= 15 is 0 Å². The molecule has 0 saturated carbocycles. The van der Waals surface area contributed by atoms with Crippen LogP contribution in [0.2, 0.25) is 0 Å². The standard InChI is InChI=1S/C27H21NO5/c29-26(32-19-21-12-6-2-7-13-21)23-16-17-28-25(31-18-20-10-4-1-5-11-20)24(23)27(30)33-22-14-8-3-9-15-22/h1-17H,18-19H2. The Morgan fingerprint density at radius 1 is 0.667 bits per heavy atom. The lowest BCUT2D eigenvalue weighted by Gasteiger charge is -2.14. The van der Waals surface area contributed by atoms with E-state index in [1.807, 2.05) is 66.7 Å². The number of nitrogens with zero attached hydrogens (tertiary/aromatic N) is 1. The number of carbonyl (C=O) groups excluding carboxylic acids is 2. The van der Waals surface area contributed by atoms with Gasteiger partial charge in [-0.3, -0.25) is 0 Å². The number of carbonyl (C=O) groups is 2. The summed E-state index contributed by atoms with van der Waals surface area (Å²) in [6.45, 7) is 0.233. The molecule has 4 aromatic rings. The van der Waals surface area contributed by atoms with Gasteiger partial charge < -0.3 is 14.2 Å². The predicted octanol–water partition coefficient (Wildman–Crippen LogP) is 5.24. The molecular weight excluding hydrogens is 418 g/mol. The lowest BCUT2D eigenvalue weighted by molar-refractivity contribution is 0.0463. The second-order valence-corrected chi connectivity index (χ2v) is 7.08. The maximum absolute atomic E-state index is 13.1.